The molecule has 3 aromatic carbocycles. The second kappa shape index (κ2) is 11.3. The van der Waals surface area contributed by atoms with Gasteiger partial charge in [-0.05, 0) is 54.6 Å². The smallest absolute Gasteiger partial charge is 0.262 e. The molecule has 0 saturated carbocycles. The number of carbonyl (C=O) groups is 3. The van der Waals surface area contributed by atoms with Crippen LogP contribution in [0.5, 0.6) is 11.5 Å². The monoisotopic (exact) mass is 451 g/mol. The van der Waals surface area contributed by atoms with Gasteiger partial charge in [-0.25, -0.2) is 4.39 Å². The van der Waals surface area contributed by atoms with Gasteiger partial charge in [0.05, 0.1) is 13.7 Å². The summed E-state index contributed by atoms with van der Waals surface area (Å²) in [6, 6.07) is 18.5. The zero-order valence-electron chi connectivity index (χ0n) is 17.8. The highest BCUT2D eigenvalue weighted by atomic mass is 19.1. The number of rotatable bonds is 9. The summed E-state index contributed by atoms with van der Waals surface area (Å²) < 4.78 is 23.6. The van der Waals surface area contributed by atoms with Gasteiger partial charge in [0.15, 0.2) is 18.1 Å². The summed E-state index contributed by atoms with van der Waals surface area (Å²) in [4.78, 5) is 36.4. The first-order valence-corrected chi connectivity index (χ1v) is 9.94. The fourth-order valence-electron chi connectivity index (χ4n) is 2.82. The number of hydrogen-bond acceptors (Lipinski definition) is 5. The largest absolute Gasteiger partial charge is 0.493 e. The lowest BCUT2D eigenvalue weighted by atomic mass is 10.2. The van der Waals surface area contributed by atoms with Crippen molar-refractivity contribution in [3.63, 3.8) is 0 Å². The fraction of sp³-hybridized carbons (Fsp3) is 0.125. The molecule has 33 heavy (non-hydrogen) atoms. The number of hydrogen-bond donors (Lipinski definition) is 3. The molecule has 8 nitrogen and oxygen atoms in total. The van der Waals surface area contributed by atoms with Crippen molar-refractivity contribution in [2.75, 3.05) is 30.9 Å². The third kappa shape index (κ3) is 7.06. The Labute approximate surface area is 189 Å². The molecule has 3 aromatic rings. The Morgan fingerprint density at radius 3 is 2.12 bits per heavy atom. The van der Waals surface area contributed by atoms with Crippen molar-refractivity contribution in [1.82, 2.24) is 5.32 Å². The quantitative estimate of drug-likeness (QED) is 0.463. The number of nitrogens with one attached hydrogen (secondary N) is 3. The summed E-state index contributed by atoms with van der Waals surface area (Å²) in [5, 5.41) is 7.77. The van der Waals surface area contributed by atoms with Gasteiger partial charge in [0.2, 0.25) is 5.91 Å². The van der Waals surface area contributed by atoms with Gasteiger partial charge >= 0.3 is 0 Å². The predicted molar refractivity (Wildman–Crippen MR) is 121 cm³/mol. The molecule has 3 rings (SSSR count). The van der Waals surface area contributed by atoms with E-state index in [1.807, 2.05) is 0 Å². The average Bonchev–Trinajstić information content (AvgIpc) is 2.82. The highest BCUT2D eigenvalue weighted by molar-refractivity contribution is 5.99. The first-order valence-electron chi connectivity index (χ1n) is 9.94. The molecule has 0 aliphatic heterocycles. The molecule has 0 fully saturated rings. The molecule has 0 radical (unpaired) electrons. The van der Waals surface area contributed by atoms with E-state index in [4.69, 9.17) is 9.47 Å². The number of amides is 3. The van der Waals surface area contributed by atoms with E-state index in [0.717, 1.165) is 12.1 Å². The van der Waals surface area contributed by atoms with Crippen LogP contribution in [0.4, 0.5) is 15.8 Å². The summed E-state index contributed by atoms with van der Waals surface area (Å²) in [5.41, 5.74) is 1.13. The molecular weight excluding hydrogens is 429 g/mol. The zero-order chi connectivity index (χ0) is 23.6. The molecule has 0 bridgehead atoms. The summed E-state index contributed by atoms with van der Waals surface area (Å²) in [6.07, 6.45) is 0. The van der Waals surface area contributed by atoms with Crippen molar-refractivity contribution in [3.05, 3.63) is 84.2 Å². The van der Waals surface area contributed by atoms with Crippen molar-refractivity contribution in [2.24, 2.45) is 0 Å². The number of benzene rings is 3. The Bertz CT molecular complexity index is 1130. The van der Waals surface area contributed by atoms with Crippen LogP contribution in [-0.4, -0.2) is 38.0 Å². The second-order valence-electron chi connectivity index (χ2n) is 6.81. The van der Waals surface area contributed by atoms with Crippen LogP contribution in [0.2, 0.25) is 0 Å². The predicted octanol–water partition coefficient (Wildman–Crippen LogP) is 3.22. The Kier molecular flexibility index (Phi) is 7.96. The van der Waals surface area contributed by atoms with Crippen LogP contribution in [0.3, 0.4) is 0 Å². The van der Waals surface area contributed by atoms with Gasteiger partial charge < -0.3 is 25.4 Å². The van der Waals surface area contributed by atoms with E-state index in [1.165, 1.54) is 19.2 Å². The lowest BCUT2D eigenvalue weighted by Gasteiger charge is -2.11. The van der Waals surface area contributed by atoms with Gasteiger partial charge in [-0.2, -0.15) is 0 Å². The van der Waals surface area contributed by atoms with Crippen LogP contribution >= 0.6 is 0 Å². The number of ether oxygens (including phenoxy) is 2. The van der Waals surface area contributed by atoms with E-state index in [9.17, 15) is 18.8 Å². The zero-order valence-corrected chi connectivity index (χ0v) is 17.8. The summed E-state index contributed by atoms with van der Waals surface area (Å²) in [6.45, 7) is -0.508. The van der Waals surface area contributed by atoms with Gasteiger partial charge in [0.1, 0.15) is 5.82 Å². The third-order valence-corrected chi connectivity index (χ3v) is 4.37. The van der Waals surface area contributed by atoms with Crippen molar-refractivity contribution in [2.45, 2.75) is 0 Å². The van der Waals surface area contributed by atoms with Crippen LogP contribution < -0.4 is 25.4 Å². The molecule has 0 saturated heterocycles. The third-order valence-electron chi connectivity index (χ3n) is 4.37. The molecule has 9 heteroatoms. The molecule has 3 amide bonds. The van der Waals surface area contributed by atoms with Crippen LogP contribution in [-0.2, 0) is 9.59 Å². The van der Waals surface area contributed by atoms with Crippen LogP contribution in [0, 0.1) is 5.82 Å². The molecule has 0 atom stereocenters. The van der Waals surface area contributed by atoms with Gasteiger partial charge in [-0.1, -0.05) is 18.2 Å². The number of halogens is 1. The molecule has 170 valence electrons. The summed E-state index contributed by atoms with van der Waals surface area (Å²) >= 11 is 0. The molecule has 0 spiro atoms. The molecule has 0 aromatic heterocycles. The van der Waals surface area contributed by atoms with E-state index in [-0.39, 0.29) is 18.7 Å². The maximum Gasteiger partial charge on any atom is 0.262 e. The minimum Gasteiger partial charge on any atom is -0.493 e. The van der Waals surface area contributed by atoms with Gasteiger partial charge in [-0.15, -0.1) is 0 Å². The number of methoxy groups -OCH3 is 1. The van der Waals surface area contributed by atoms with Crippen molar-refractivity contribution >= 4 is 29.1 Å². The number of anilines is 2. The van der Waals surface area contributed by atoms with Crippen molar-refractivity contribution in [3.8, 4) is 11.5 Å². The van der Waals surface area contributed by atoms with Crippen LogP contribution in [0.1, 0.15) is 10.4 Å². The molecule has 0 heterocycles. The minimum absolute atomic E-state index is 0.230. The van der Waals surface area contributed by atoms with E-state index in [2.05, 4.69) is 16.0 Å². The van der Waals surface area contributed by atoms with Crippen molar-refractivity contribution in [1.29, 1.82) is 0 Å². The number of carbonyl (C=O) groups excluding carboxylic acids is 3. The molecule has 0 unspecified atom stereocenters. The van der Waals surface area contributed by atoms with Gasteiger partial charge in [-0.3, -0.25) is 14.4 Å². The minimum atomic E-state index is -0.499. The highest BCUT2D eigenvalue weighted by Gasteiger charge is 2.10. The number of para-hydroxylation sites is 2. The van der Waals surface area contributed by atoms with Crippen LogP contribution in [0.15, 0.2) is 72.8 Å². The van der Waals surface area contributed by atoms with Gasteiger partial charge in [0, 0.05) is 16.9 Å². The van der Waals surface area contributed by atoms with E-state index >= 15 is 0 Å². The Morgan fingerprint density at radius 1 is 0.818 bits per heavy atom. The first kappa shape index (κ1) is 23.3. The van der Waals surface area contributed by atoms with E-state index in [0.29, 0.717) is 22.9 Å². The maximum atomic E-state index is 12.9. The van der Waals surface area contributed by atoms with Crippen molar-refractivity contribution < 1.29 is 28.2 Å². The SMILES string of the molecule is COc1ccccc1OCC(=O)Nc1cccc(NC(=O)CNC(=O)c2ccc(F)cc2)c1. The average molecular weight is 451 g/mol. The normalized spacial score (nSPS) is 10.1. The molecule has 0 aliphatic carbocycles. The summed E-state index contributed by atoms with van der Waals surface area (Å²) in [5.74, 6) is -0.853. The topological polar surface area (TPSA) is 106 Å². The Hall–Kier alpha value is -4.40. The van der Waals surface area contributed by atoms with E-state index in [1.54, 1.807) is 48.5 Å². The first-order chi connectivity index (χ1) is 15.9. The molecule has 3 N–H and O–H groups in total. The summed E-state index contributed by atoms with van der Waals surface area (Å²) in [7, 11) is 1.51. The van der Waals surface area contributed by atoms with E-state index < -0.39 is 23.5 Å². The standard InChI is InChI=1S/C24H22FN3O5/c1-32-20-7-2-3-8-21(20)33-15-23(30)28-19-6-4-5-18(13-19)27-22(29)14-26-24(31)16-9-11-17(25)12-10-16/h2-13H,14-15H2,1H3,(H,26,31)(H,27,29)(H,28,30). The lowest BCUT2D eigenvalue weighted by molar-refractivity contribution is -0.118. The Morgan fingerprint density at radius 2 is 1.45 bits per heavy atom. The second-order valence-corrected chi connectivity index (χ2v) is 6.81. The maximum absolute atomic E-state index is 12.9. The van der Waals surface area contributed by atoms with Gasteiger partial charge in [0.25, 0.3) is 11.8 Å². The van der Waals surface area contributed by atoms with Crippen LogP contribution in [0.25, 0.3) is 0 Å². The molecular formula is C24H22FN3O5. The molecule has 0 aliphatic rings. The highest BCUT2D eigenvalue weighted by Crippen LogP contribution is 2.25. The Balaban J connectivity index is 1.48. The lowest BCUT2D eigenvalue weighted by Crippen LogP contribution is -2.32. The fourth-order valence-corrected chi connectivity index (χ4v) is 2.82.